The van der Waals surface area contributed by atoms with Gasteiger partial charge in [0.25, 0.3) is 0 Å². The van der Waals surface area contributed by atoms with Crippen molar-refractivity contribution in [3.8, 4) is 0 Å². The standard InChI is InChI=1S/C11H15FN2O/c1-7(2)11-10(12)3-8(4-13-11)14-5-9(15)6-14/h3-4,7,9,15H,5-6H2,1-2H3. The molecular formula is C11H15FN2O. The molecule has 2 rings (SSSR count). The van der Waals surface area contributed by atoms with Crippen LogP contribution in [0.5, 0.6) is 0 Å². The van der Waals surface area contributed by atoms with Gasteiger partial charge in [-0.15, -0.1) is 0 Å². The van der Waals surface area contributed by atoms with E-state index in [-0.39, 0.29) is 17.8 Å². The molecule has 1 aliphatic heterocycles. The van der Waals surface area contributed by atoms with Crippen LogP contribution >= 0.6 is 0 Å². The van der Waals surface area contributed by atoms with Crippen molar-refractivity contribution in [1.82, 2.24) is 4.98 Å². The van der Waals surface area contributed by atoms with E-state index >= 15 is 0 Å². The van der Waals surface area contributed by atoms with E-state index in [1.807, 2.05) is 18.7 Å². The Morgan fingerprint density at radius 1 is 1.53 bits per heavy atom. The Morgan fingerprint density at radius 2 is 2.20 bits per heavy atom. The lowest BCUT2D eigenvalue weighted by molar-refractivity contribution is 0.142. The van der Waals surface area contributed by atoms with Gasteiger partial charge in [-0.1, -0.05) is 13.8 Å². The maximum Gasteiger partial charge on any atom is 0.147 e. The lowest BCUT2D eigenvalue weighted by Crippen LogP contribution is -2.50. The molecule has 0 radical (unpaired) electrons. The van der Waals surface area contributed by atoms with Crippen molar-refractivity contribution in [1.29, 1.82) is 0 Å². The summed E-state index contributed by atoms with van der Waals surface area (Å²) in [5, 5.41) is 9.14. The van der Waals surface area contributed by atoms with Crippen molar-refractivity contribution in [3.05, 3.63) is 23.8 Å². The van der Waals surface area contributed by atoms with Crippen LogP contribution in [0.2, 0.25) is 0 Å². The Balaban J connectivity index is 2.18. The van der Waals surface area contributed by atoms with Crippen LogP contribution in [0.4, 0.5) is 10.1 Å². The summed E-state index contributed by atoms with van der Waals surface area (Å²) in [4.78, 5) is 6.01. The van der Waals surface area contributed by atoms with E-state index in [4.69, 9.17) is 5.11 Å². The molecule has 0 aliphatic carbocycles. The van der Waals surface area contributed by atoms with Gasteiger partial charge in [-0.2, -0.15) is 0 Å². The van der Waals surface area contributed by atoms with E-state index < -0.39 is 0 Å². The molecule has 0 bridgehead atoms. The molecule has 1 aromatic rings. The van der Waals surface area contributed by atoms with Crippen molar-refractivity contribution in [3.63, 3.8) is 0 Å². The third-order valence-electron chi connectivity index (χ3n) is 2.63. The quantitative estimate of drug-likeness (QED) is 0.804. The number of anilines is 1. The second-order valence-corrected chi connectivity index (χ2v) is 4.27. The molecule has 1 fully saturated rings. The summed E-state index contributed by atoms with van der Waals surface area (Å²) in [6.45, 7) is 4.97. The van der Waals surface area contributed by atoms with Gasteiger partial charge in [-0.3, -0.25) is 4.98 Å². The number of nitrogens with zero attached hydrogens (tertiary/aromatic N) is 2. The van der Waals surface area contributed by atoms with Crippen molar-refractivity contribution in [2.75, 3.05) is 18.0 Å². The lowest BCUT2D eigenvalue weighted by Gasteiger charge is -2.37. The molecule has 15 heavy (non-hydrogen) atoms. The number of halogens is 1. The van der Waals surface area contributed by atoms with Crippen LogP contribution in [-0.2, 0) is 0 Å². The molecule has 2 heterocycles. The first-order valence-corrected chi connectivity index (χ1v) is 5.16. The molecule has 0 aromatic carbocycles. The lowest BCUT2D eigenvalue weighted by atomic mass is 10.1. The Kier molecular flexibility index (Phi) is 2.61. The zero-order valence-corrected chi connectivity index (χ0v) is 8.94. The number of rotatable bonds is 2. The van der Waals surface area contributed by atoms with Gasteiger partial charge in [-0.05, 0) is 5.92 Å². The molecular weight excluding hydrogens is 195 g/mol. The van der Waals surface area contributed by atoms with Crippen LogP contribution in [-0.4, -0.2) is 29.3 Å². The first-order chi connectivity index (χ1) is 7.08. The second kappa shape index (κ2) is 3.77. The highest BCUT2D eigenvalue weighted by Gasteiger charge is 2.25. The van der Waals surface area contributed by atoms with Gasteiger partial charge in [0.05, 0.1) is 23.7 Å². The monoisotopic (exact) mass is 210 g/mol. The number of aliphatic hydroxyl groups is 1. The zero-order valence-electron chi connectivity index (χ0n) is 8.94. The number of aromatic nitrogens is 1. The maximum atomic E-state index is 13.6. The highest BCUT2D eigenvalue weighted by atomic mass is 19.1. The fraction of sp³-hybridized carbons (Fsp3) is 0.545. The van der Waals surface area contributed by atoms with Crippen LogP contribution in [0.15, 0.2) is 12.3 Å². The highest BCUT2D eigenvalue weighted by Crippen LogP contribution is 2.24. The van der Waals surface area contributed by atoms with E-state index in [0.717, 1.165) is 5.69 Å². The summed E-state index contributed by atoms with van der Waals surface area (Å²) in [6, 6.07) is 1.49. The normalized spacial score (nSPS) is 17.0. The molecule has 0 spiro atoms. The predicted molar refractivity (Wildman–Crippen MR) is 56.5 cm³/mol. The number of hydrogen-bond acceptors (Lipinski definition) is 3. The molecule has 4 heteroatoms. The van der Waals surface area contributed by atoms with Crippen LogP contribution in [0, 0.1) is 5.82 Å². The fourth-order valence-electron chi connectivity index (χ4n) is 1.70. The first kappa shape index (κ1) is 10.4. The average Bonchev–Trinajstić information content (AvgIpc) is 2.12. The van der Waals surface area contributed by atoms with Crippen LogP contribution in [0.1, 0.15) is 25.5 Å². The molecule has 0 saturated carbocycles. The van der Waals surface area contributed by atoms with Crippen molar-refractivity contribution >= 4 is 5.69 Å². The molecule has 1 N–H and O–H groups in total. The van der Waals surface area contributed by atoms with E-state index in [0.29, 0.717) is 18.8 Å². The van der Waals surface area contributed by atoms with Crippen LogP contribution in [0.25, 0.3) is 0 Å². The molecule has 82 valence electrons. The van der Waals surface area contributed by atoms with E-state index in [1.165, 1.54) is 6.07 Å². The third kappa shape index (κ3) is 1.95. The minimum Gasteiger partial charge on any atom is -0.389 e. The van der Waals surface area contributed by atoms with Gasteiger partial charge in [0.1, 0.15) is 5.82 Å². The summed E-state index contributed by atoms with van der Waals surface area (Å²) >= 11 is 0. The Bertz CT molecular complexity index is 362. The Hall–Kier alpha value is -1.16. The van der Waals surface area contributed by atoms with Crippen molar-refractivity contribution < 1.29 is 9.50 Å². The SMILES string of the molecule is CC(C)c1ncc(N2CC(O)C2)cc1F. The smallest absolute Gasteiger partial charge is 0.147 e. The van der Waals surface area contributed by atoms with Crippen LogP contribution in [0.3, 0.4) is 0 Å². The van der Waals surface area contributed by atoms with Gasteiger partial charge in [0.2, 0.25) is 0 Å². The van der Waals surface area contributed by atoms with Crippen molar-refractivity contribution in [2.24, 2.45) is 0 Å². The topological polar surface area (TPSA) is 36.4 Å². The molecule has 3 nitrogen and oxygen atoms in total. The Labute approximate surface area is 88.6 Å². The summed E-state index contributed by atoms with van der Waals surface area (Å²) in [7, 11) is 0. The van der Waals surface area contributed by atoms with E-state index in [1.54, 1.807) is 6.20 Å². The molecule has 1 saturated heterocycles. The number of β-amino-alcohol motifs (C(OH)–C–C–N with tert-alkyl or cyclic N) is 1. The minimum absolute atomic E-state index is 0.0982. The average molecular weight is 210 g/mol. The van der Waals surface area contributed by atoms with Gasteiger partial charge in [0.15, 0.2) is 0 Å². The molecule has 1 aliphatic rings. The van der Waals surface area contributed by atoms with E-state index in [9.17, 15) is 4.39 Å². The fourth-order valence-corrected chi connectivity index (χ4v) is 1.70. The summed E-state index contributed by atoms with van der Waals surface area (Å²) in [5.74, 6) is -0.162. The summed E-state index contributed by atoms with van der Waals surface area (Å²) in [6.07, 6.45) is 1.39. The molecule has 0 unspecified atom stereocenters. The third-order valence-corrected chi connectivity index (χ3v) is 2.63. The van der Waals surface area contributed by atoms with Gasteiger partial charge < -0.3 is 10.0 Å². The largest absolute Gasteiger partial charge is 0.389 e. The van der Waals surface area contributed by atoms with Gasteiger partial charge >= 0.3 is 0 Å². The van der Waals surface area contributed by atoms with Gasteiger partial charge in [0, 0.05) is 19.2 Å². The zero-order chi connectivity index (χ0) is 11.0. The number of hydrogen-bond donors (Lipinski definition) is 1. The minimum atomic E-state index is -0.280. The summed E-state index contributed by atoms with van der Waals surface area (Å²) < 4.78 is 13.6. The molecule has 0 atom stereocenters. The first-order valence-electron chi connectivity index (χ1n) is 5.16. The number of pyridine rings is 1. The van der Waals surface area contributed by atoms with E-state index in [2.05, 4.69) is 4.98 Å². The molecule has 0 amide bonds. The van der Waals surface area contributed by atoms with Gasteiger partial charge in [-0.25, -0.2) is 4.39 Å². The highest BCUT2D eigenvalue weighted by molar-refractivity contribution is 5.48. The summed E-state index contributed by atoms with van der Waals surface area (Å²) in [5.41, 5.74) is 1.25. The molecule has 1 aromatic heterocycles. The number of aliphatic hydroxyl groups excluding tert-OH is 1. The van der Waals surface area contributed by atoms with Crippen molar-refractivity contribution in [2.45, 2.75) is 25.9 Å². The maximum absolute atomic E-state index is 13.6. The van der Waals surface area contributed by atoms with Crippen LogP contribution < -0.4 is 4.90 Å². The second-order valence-electron chi connectivity index (χ2n) is 4.27. The predicted octanol–water partition coefficient (Wildman–Crippen LogP) is 1.52. The Morgan fingerprint density at radius 3 is 2.67 bits per heavy atom.